The SMILES string of the molecule is COc1ccc(-c2cccc(-c3nn(-c4nc(C(=O)O)cs4)c(CC4CC4)c3Cc3ccc([SH+](N)=O)c(F)c3)c2)cc1C.[OH-]. The van der Waals surface area contributed by atoms with E-state index >= 15 is 0 Å². The summed E-state index contributed by atoms with van der Waals surface area (Å²) in [6.07, 6.45) is 3.28. The molecule has 0 bridgehead atoms. The summed E-state index contributed by atoms with van der Waals surface area (Å²) in [5.41, 5.74) is 7.10. The zero-order chi connectivity index (χ0) is 30.2. The van der Waals surface area contributed by atoms with Crippen LogP contribution in [0.5, 0.6) is 5.75 Å². The predicted molar refractivity (Wildman–Crippen MR) is 168 cm³/mol. The number of ether oxygens (including phenoxy) is 1. The van der Waals surface area contributed by atoms with Crippen LogP contribution in [0, 0.1) is 18.7 Å². The molecule has 44 heavy (non-hydrogen) atoms. The van der Waals surface area contributed by atoms with E-state index in [-0.39, 0.29) is 16.1 Å². The monoisotopic (exact) mass is 634 g/mol. The Labute approximate surface area is 260 Å². The molecule has 0 aliphatic heterocycles. The number of carboxylic acid groups (broad SMARTS) is 1. The third kappa shape index (κ3) is 6.34. The second-order valence-corrected chi connectivity index (χ2v) is 12.7. The van der Waals surface area contributed by atoms with Crippen LogP contribution >= 0.6 is 11.3 Å². The van der Waals surface area contributed by atoms with E-state index in [1.165, 1.54) is 28.8 Å². The molecule has 6 rings (SSSR count). The summed E-state index contributed by atoms with van der Waals surface area (Å²) in [6, 6.07) is 18.7. The molecule has 1 saturated carbocycles. The Kier molecular flexibility index (Phi) is 9.07. The fourth-order valence-electron chi connectivity index (χ4n) is 5.27. The van der Waals surface area contributed by atoms with Gasteiger partial charge in [-0.3, -0.25) is 0 Å². The summed E-state index contributed by atoms with van der Waals surface area (Å²) in [5, 5.41) is 22.0. The van der Waals surface area contributed by atoms with Gasteiger partial charge in [-0.1, -0.05) is 34.5 Å². The van der Waals surface area contributed by atoms with Crippen LogP contribution in [0.2, 0.25) is 0 Å². The van der Waals surface area contributed by atoms with Gasteiger partial charge < -0.3 is 15.3 Å². The summed E-state index contributed by atoms with van der Waals surface area (Å²) in [5.74, 6) is -0.418. The van der Waals surface area contributed by atoms with E-state index in [1.807, 2.05) is 37.3 Å². The highest BCUT2D eigenvalue weighted by molar-refractivity contribution is 7.82. The van der Waals surface area contributed by atoms with Crippen LogP contribution in [0.1, 0.15) is 45.7 Å². The first-order valence-corrected chi connectivity index (χ1v) is 16.0. The first-order valence-electron chi connectivity index (χ1n) is 13.8. The van der Waals surface area contributed by atoms with Gasteiger partial charge >= 0.3 is 5.97 Å². The van der Waals surface area contributed by atoms with Crippen molar-refractivity contribution >= 4 is 28.3 Å². The maximum atomic E-state index is 14.9. The maximum absolute atomic E-state index is 14.9. The number of benzene rings is 3. The number of aromatic carboxylic acids is 1. The molecule has 1 aliphatic carbocycles. The molecule has 228 valence electrons. The fraction of sp³-hybridized carbons (Fsp3) is 0.219. The van der Waals surface area contributed by atoms with E-state index in [2.05, 4.69) is 17.1 Å². The molecular weight excluding hydrogens is 604 g/mol. The van der Waals surface area contributed by atoms with Crippen molar-refractivity contribution in [3.8, 4) is 33.3 Å². The molecule has 1 atom stereocenters. The number of carbonyl (C=O) groups is 1. The fourth-order valence-corrected chi connectivity index (χ4v) is 6.54. The number of nitrogens with zero attached hydrogens (tertiary/aromatic N) is 3. The molecule has 0 spiro atoms. The second kappa shape index (κ2) is 12.8. The molecule has 2 heterocycles. The highest BCUT2D eigenvalue weighted by atomic mass is 32.2. The number of hydrogen-bond donors (Lipinski definition) is 2. The highest BCUT2D eigenvalue weighted by Crippen LogP contribution is 2.39. The third-order valence-corrected chi connectivity index (χ3v) is 9.31. The van der Waals surface area contributed by atoms with E-state index in [0.29, 0.717) is 28.7 Å². The van der Waals surface area contributed by atoms with Crippen molar-refractivity contribution < 1.29 is 28.7 Å². The van der Waals surface area contributed by atoms with E-state index < -0.39 is 22.8 Å². The molecule has 0 saturated heterocycles. The number of thiol groups is 1. The molecule has 9 nitrogen and oxygen atoms in total. The number of methoxy groups -OCH3 is 1. The maximum Gasteiger partial charge on any atom is 0.355 e. The van der Waals surface area contributed by atoms with E-state index in [1.54, 1.807) is 17.9 Å². The van der Waals surface area contributed by atoms with Crippen LogP contribution in [0.15, 0.2) is 70.9 Å². The topological polar surface area (TPSA) is 150 Å². The smallest absolute Gasteiger partial charge is 0.355 e. The van der Waals surface area contributed by atoms with Crippen molar-refractivity contribution in [1.82, 2.24) is 14.8 Å². The number of rotatable bonds is 10. The molecule has 2 aromatic heterocycles. The van der Waals surface area contributed by atoms with Gasteiger partial charge in [0.2, 0.25) is 10.0 Å². The van der Waals surface area contributed by atoms with Crippen molar-refractivity contribution in [2.75, 3.05) is 7.11 Å². The summed E-state index contributed by atoms with van der Waals surface area (Å²) in [4.78, 5) is 16.0. The van der Waals surface area contributed by atoms with Gasteiger partial charge in [-0.05, 0) is 84.7 Å². The van der Waals surface area contributed by atoms with Crippen molar-refractivity contribution in [3.05, 3.63) is 99.9 Å². The van der Waals surface area contributed by atoms with Crippen LogP contribution in [-0.2, 0) is 28.0 Å². The minimum absolute atomic E-state index is 0. The third-order valence-electron chi connectivity index (χ3n) is 7.66. The lowest BCUT2D eigenvalue weighted by molar-refractivity contribution is 0.0691. The second-order valence-electron chi connectivity index (χ2n) is 10.7. The predicted octanol–water partition coefficient (Wildman–Crippen LogP) is 6.11. The van der Waals surface area contributed by atoms with E-state index in [9.17, 15) is 18.5 Å². The Balaban J connectivity index is 0.00000384. The Morgan fingerprint density at radius 2 is 1.89 bits per heavy atom. The first kappa shape index (κ1) is 31.2. The quantitative estimate of drug-likeness (QED) is 0.139. The zero-order valence-corrected chi connectivity index (χ0v) is 25.7. The molecule has 4 N–H and O–H groups in total. The number of carboxylic acids is 1. The first-order chi connectivity index (χ1) is 20.7. The summed E-state index contributed by atoms with van der Waals surface area (Å²) in [6.45, 7) is 2.00. The standard InChI is InChI=1S/C32H29FN4O4S2.H2O/c1-18-12-22(9-10-28(18)41-2)21-4-3-5-23(16-21)30-24(13-20-8-11-29(43(34)40)25(33)14-20)27(15-19-6-7-19)37(36-30)32-35-26(17-42-32)31(38)39;/h3-5,8-12,14,16-17,19H,6-7,13,15H2,1-2H3,(H2,34,40)(H,38,39);1H2. The van der Waals surface area contributed by atoms with Crippen molar-refractivity contribution in [2.45, 2.75) is 37.5 Å². The van der Waals surface area contributed by atoms with Gasteiger partial charge in [0.15, 0.2) is 22.5 Å². The van der Waals surface area contributed by atoms with Crippen LogP contribution in [0.3, 0.4) is 0 Å². The van der Waals surface area contributed by atoms with Gasteiger partial charge in [0.05, 0.1) is 18.5 Å². The minimum Gasteiger partial charge on any atom is -0.870 e. The Hall–Kier alpha value is -4.23. The molecular formula is C32H31FN4O5S2. The molecule has 0 radical (unpaired) electrons. The molecule has 3 aromatic carbocycles. The lowest BCUT2D eigenvalue weighted by Gasteiger charge is -2.11. The zero-order valence-electron chi connectivity index (χ0n) is 24.0. The normalized spacial score (nSPS) is 13.4. The van der Waals surface area contributed by atoms with Crippen molar-refractivity contribution in [2.24, 2.45) is 11.1 Å². The van der Waals surface area contributed by atoms with E-state index in [4.69, 9.17) is 15.0 Å². The molecule has 1 fully saturated rings. The van der Waals surface area contributed by atoms with Gasteiger partial charge in [-0.15, -0.1) is 16.5 Å². The number of aromatic nitrogens is 3. The van der Waals surface area contributed by atoms with Crippen LogP contribution in [0.25, 0.3) is 27.5 Å². The van der Waals surface area contributed by atoms with Crippen LogP contribution in [0.4, 0.5) is 4.39 Å². The summed E-state index contributed by atoms with van der Waals surface area (Å²) >= 11 is 1.22. The van der Waals surface area contributed by atoms with Crippen molar-refractivity contribution in [3.63, 3.8) is 0 Å². The van der Waals surface area contributed by atoms with Crippen molar-refractivity contribution in [1.29, 1.82) is 0 Å². The average molecular weight is 635 g/mol. The number of halogens is 1. The minimum atomic E-state index is -2.31. The Morgan fingerprint density at radius 1 is 1.14 bits per heavy atom. The number of aryl methyl sites for hydroxylation is 1. The lowest BCUT2D eigenvalue weighted by Crippen LogP contribution is -2.07. The Morgan fingerprint density at radius 3 is 2.52 bits per heavy atom. The number of thiazole rings is 1. The van der Waals surface area contributed by atoms with Gasteiger partial charge in [-0.25, -0.2) is 18.9 Å². The van der Waals surface area contributed by atoms with Gasteiger partial charge in [0, 0.05) is 22.9 Å². The Bertz CT molecular complexity index is 1880. The summed E-state index contributed by atoms with van der Waals surface area (Å²) in [7, 11) is -0.655. The molecule has 12 heteroatoms. The van der Waals surface area contributed by atoms with Gasteiger partial charge in [0.25, 0.3) is 0 Å². The van der Waals surface area contributed by atoms with E-state index in [0.717, 1.165) is 58.5 Å². The molecule has 1 unspecified atom stereocenters. The number of nitrogens with two attached hydrogens (primary N) is 1. The lowest BCUT2D eigenvalue weighted by atomic mass is 9.95. The van der Waals surface area contributed by atoms with Crippen LogP contribution < -0.4 is 9.88 Å². The summed E-state index contributed by atoms with van der Waals surface area (Å²) < 4.78 is 33.8. The molecule has 5 aromatic rings. The van der Waals surface area contributed by atoms with Gasteiger partial charge in [0.1, 0.15) is 5.75 Å². The van der Waals surface area contributed by atoms with Crippen LogP contribution in [-0.4, -0.2) is 38.4 Å². The number of hydrogen-bond acceptors (Lipinski definition) is 7. The van der Waals surface area contributed by atoms with Gasteiger partial charge in [-0.2, -0.15) is 5.10 Å². The largest absolute Gasteiger partial charge is 0.870 e. The average Bonchev–Trinajstić information content (AvgIpc) is 3.54. The highest BCUT2D eigenvalue weighted by Gasteiger charge is 2.29. The molecule has 0 amide bonds. The molecule has 1 aliphatic rings.